The van der Waals surface area contributed by atoms with Gasteiger partial charge in [0, 0.05) is 38.8 Å². The van der Waals surface area contributed by atoms with E-state index in [1.54, 1.807) is 19.2 Å². The van der Waals surface area contributed by atoms with Crippen LogP contribution in [0, 0.1) is 5.82 Å². The molecule has 1 saturated heterocycles. The fourth-order valence-corrected chi connectivity index (χ4v) is 3.36. The van der Waals surface area contributed by atoms with Crippen LogP contribution < -0.4 is 14.4 Å². The second-order valence-electron chi connectivity index (χ2n) is 7.00. The Balaban J connectivity index is 1.29. The maximum absolute atomic E-state index is 13.9. The van der Waals surface area contributed by atoms with Crippen LogP contribution in [-0.2, 0) is 4.74 Å². The number of aliphatic hydroxyl groups is 1. The van der Waals surface area contributed by atoms with Gasteiger partial charge in [-0.25, -0.2) is 4.39 Å². The minimum Gasteiger partial charge on any atom is -0.497 e. The lowest BCUT2D eigenvalue weighted by atomic mass is 10.2. The number of nitrogens with zero attached hydrogens (tertiary/aromatic N) is 2. The Hall–Kier alpha value is -2.35. The van der Waals surface area contributed by atoms with Gasteiger partial charge in [0.15, 0.2) is 0 Å². The highest BCUT2D eigenvalue weighted by Gasteiger charge is 2.21. The van der Waals surface area contributed by atoms with Crippen LogP contribution >= 0.6 is 0 Å². The van der Waals surface area contributed by atoms with Crippen LogP contribution in [0.5, 0.6) is 11.5 Å². The molecule has 0 radical (unpaired) electrons. The summed E-state index contributed by atoms with van der Waals surface area (Å²) in [5.41, 5.74) is 0.645. The van der Waals surface area contributed by atoms with Crippen LogP contribution in [0.4, 0.5) is 10.1 Å². The van der Waals surface area contributed by atoms with Gasteiger partial charge in [-0.05, 0) is 24.3 Å². The molecule has 1 N–H and O–H groups in total. The molecule has 1 fully saturated rings. The third kappa shape index (κ3) is 6.59. The van der Waals surface area contributed by atoms with E-state index >= 15 is 0 Å². The number of rotatable bonds is 10. The summed E-state index contributed by atoms with van der Waals surface area (Å²) in [6, 6.07) is 14.2. The van der Waals surface area contributed by atoms with Gasteiger partial charge in [0.05, 0.1) is 32.1 Å². The average Bonchev–Trinajstić information content (AvgIpc) is 2.75. The van der Waals surface area contributed by atoms with Crippen LogP contribution in [-0.4, -0.2) is 75.8 Å². The number of halogens is 1. The largest absolute Gasteiger partial charge is 0.497 e. The third-order valence-electron chi connectivity index (χ3n) is 4.88. The summed E-state index contributed by atoms with van der Waals surface area (Å²) in [6.45, 7) is 4.65. The zero-order chi connectivity index (χ0) is 20.5. The van der Waals surface area contributed by atoms with Crippen LogP contribution in [0.15, 0.2) is 48.5 Å². The lowest BCUT2D eigenvalue weighted by molar-refractivity contribution is 0.00715. The smallest absolute Gasteiger partial charge is 0.146 e. The van der Waals surface area contributed by atoms with Crippen molar-refractivity contribution in [3.8, 4) is 11.5 Å². The second-order valence-corrected chi connectivity index (χ2v) is 7.00. The van der Waals surface area contributed by atoms with E-state index in [-0.39, 0.29) is 12.4 Å². The normalized spacial score (nSPS) is 15.9. The number of hydrogen-bond acceptors (Lipinski definition) is 6. The van der Waals surface area contributed by atoms with E-state index in [1.807, 2.05) is 35.2 Å². The number of para-hydroxylation sites is 1. The number of piperazine rings is 1. The summed E-state index contributed by atoms with van der Waals surface area (Å²) in [7, 11) is 1.61. The van der Waals surface area contributed by atoms with Gasteiger partial charge in [-0.3, -0.25) is 4.90 Å². The Morgan fingerprint density at radius 1 is 1.00 bits per heavy atom. The van der Waals surface area contributed by atoms with Crippen molar-refractivity contribution in [2.75, 3.05) is 64.6 Å². The first-order chi connectivity index (χ1) is 14.2. The number of hydrogen-bond donors (Lipinski definition) is 1. The topological polar surface area (TPSA) is 54.4 Å². The number of methoxy groups -OCH3 is 1. The van der Waals surface area contributed by atoms with Gasteiger partial charge in [0.1, 0.15) is 23.9 Å². The van der Waals surface area contributed by atoms with Crippen LogP contribution in [0.3, 0.4) is 0 Å². The molecule has 1 aliphatic heterocycles. The predicted octanol–water partition coefficient (Wildman–Crippen LogP) is 2.41. The standard InChI is InChI=1S/C22H29FN2O4/c1-27-19-5-4-6-20(15-19)29-14-13-28-17-18(26)16-24-9-11-25(12-10-24)22-8-3-2-7-21(22)23/h2-8,15,18,26H,9-14,16-17H2,1H3. The fourth-order valence-electron chi connectivity index (χ4n) is 3.36. The molecule has 158 valence electrons. The molecule has 2 aromatic rings. The molecule has 3 rings (SSSR count). The van der Waals surface area contributed by atoms with Crippen LogP contribution in [0.25, 0.3) is 0 Å². The Morgan fingerprint density at radius 3 is 2.52 bits per heavy atom. The molecule has 0 saturated carbocycles. The average molecular weight is 404 g/mol. The summed E-state index contributed by atoms with van der Waals surface area (Å²) in [5.74, 6) is 1.28. The van der Waals surface area contributed by atoms with Gasteiger partial charge in [-0.2, -0.15) is 0 Å². The molecule has 0 aromatic heterocycles. The van der Waals surface area contributed by atoms with Gasteiger partial charge < -0.3 is 24.2 Å². The third-order valence-corrected chi connectivity index (χ3v) is 4.88. The summed E-state index contributed by atoms with van der Waals surface area (Å²) >= 11 is 0. The second kappa shape index (κ2) is 11.0. The molecule has 0 bridgehead atoms. The van der Waals surface area contributed by atoms with E-state index in [0.717, 1.165) is 37.7 Å². The SMILES string of the molecule is COc1cccc(OCCOCC(O)CN2CCN(c3ccccc3F)CC2)c1. The van der Waals surface area contributed by atoms with Gasteiger partial charge in [-0.1, -0.05) is 18.2 Å². The molecule has 6 nitrogen and oxygen atoms in total. The van der Waals surface area contributed by atoms with E-state index in [0.29, 0.717) is 25.4 Å². The molecule has 2 aromatic carbocycles. The molecule has 1 unspecified atom stereocenters. The van der Waals surface area contributed by atoms with Crippen molar-refractivity contribution in [1.29, 1.82) is 0 Å². The van der Waals surface area contributed by atoms with Gasteiger partial charge in [-0.15, -0.1) is 0 Å². The van der Waals surface area contributed by atoms with E-state index in [9.17, 15) is 9.50 Å². The molecule has 0 spiro atoms. The highest BCUT2D eigenvalue weighted by Crippen LogP contribution is 2.20. The summed E-state index contributed by atoms with van der Waals surface area (Å²) in [6.07, 6.45) is -0.563. The highest BCUT2D eigenvalue weighted by atomic mass is 19.1. The van der Waals surface area contributed by atoms with Crippen LogP contribution in [0.2, 0.25) is 0 Å². The van der Waals surface area contributed by atoms with Crippen molar-refractivity contribution in [3.05, 3.63) is 54.3 Å². The van der Waals surface area contributed by atoms with Crippen molar-refractivity contribution in [2.45, 2.75) is 6.10 Å². The molecule has 1 atom stereocenters. The zero-order valence-corrected chi connectivity index (χ0v) is 16.8. The summed E-state index contributed by atoms with van der Waals surface area (Å²) in [5, 5.41) is 10.2. The molecular weight excluding hydrogens is 375 g/mol. The van der Waals surface area contributed by atoms with Gasteiger partial charge in [0.25, 0.3) is 0 Å². The van der Waals surface area contributed by atoms with Crippen molar-refractivity contribution in [3.63, 3.8) is 0 Å². The molecule has 29 heavy (non-hydrogen) atoms. The predicted molar refractivity (Wildman–Crippen MR) is 110 cm³/mol. The first kappa shape index (κ1) is 21.4. The van der Waals surface area contributed by atoms with Crippen molar-refractivity contribution in [1.82, 2.24) is 4.90 Å². The monoisotopic (exact) mass is 404 g/mol. The fraction of sp³-hybridized carbons (Fsp3) is 0.455. The van der Waals surface area contributed by atoms with E-state index in [1.165, 1.54) is 6.07 Å². The minimum absolute atomic E-state index is 0.189. The van der Waals surface area contributed by atoms with Crippen molar-refractivity contribution < 1.29 is 23.7 Å². The number of β-amino-alcohol motifs (C(OH)–C–C–N with tert-alkyl or cyclic N) is 1. The highest BCUT2D eigenvalue weighted by molar-refractivity contribution is 5.48. The van der Waals surface area contributed by atoms with E-state index in [4.69, 9.17) is 14.2 Å². The number of benzene rings is 2. The molecule has 1 heterocycles. The van der Waals surface area contributed by atoms with Crippen molar-refractivity contribution >= 4 is 5.69 Å². The van der Waals surface area contributed by atoms with E-state index in [2.05, 4.69) is 4.90 Å². The first-order valence-corrected chi connectivity index (χ1v) is 9.90. The number of ether oxygens (including phenoxy) is 3. The quantitative estimate of drug-likeness (QED) is 0.614. The number of aliphatic hydroxyl groups excluding tert-OH is 1. The van der Waals surface area contributed by atoms with Gasteiger partial charge >= 0.3 is 0 Å². The molecule has 7 heteroatoms. The Labute approximate surface area is 171 Å². The maximum atomic E-state index is 13.9. The Bertz CT molecular complexity index is 753. The molecular formula is C22H29FN2O4. The van der Waals surface area contributed by atoms with Gasteiger partial charge in [0.2, 0.25) is 0 Å². The molecule has 0 amide bonds. The van der Waals surface area contributed by atoms with E-state index < -0.39 is 6.10 Å². The lowest BCUT2D eigenvalue weighted by Crippen LogP contribution is -2.49. The molecule has 0 aliphatic carbocycles. The van der Waals surface area contributed by atoms with Crippen LogP contribution in [0.1, 0.15) is 0 Å². The Kier molecular flexibility index (Phi) is 8.10. The summed E-state index contributed by atoms with van der Waals surface area (Å²) in [4.78, 5) is 4.22. The Morgan fingerprint density at radius 2 is 1.76 bits per heavy atom. The summed E-state index contributed by atoms with van der Waals surface area (Å²) < 4.78 is 30.2. The molecule has 1 aliphatic rings. The van der Waals surface area contributed by atoms with Crippen molar-refractivity contribution in [2.24, 2.45) is 0 Å². The first-order valence-electron chi connectivity index (χ1n) is 9.90. The minimum atomic E-state index is -0.563. The lowest BCUT2D eigenvalue weighted by Gasteiger charge is -2.36. The number of anilines is 1. The zero-order valence-electron chi connectivity index (χ0n) is 16.8. The maximum Gasteiger partial charge on any atom is 0.146 e.